The van der Waals surface area contributed by atoms with Crippen molar-refractivity contribution in [1.82, 2.24) is 4.90 Å². The van der Waals surface area contributed by atoms with Crippen LogP contribution in [-0.4, -0.2) is 153 Å². The van der Waals surface area contributed by atoms with E-state index in [1.54, 1.807) is 6.92 Å². The predicted molar refractivity (Wildman–Crippen MR) is 292 cm³/mol. The van der Waals surface area contributed by atoms with Crippen molar-refractivity contribution in [1.29, 1.82) is 0 Å². The molecule has 0 fully saturated rings. The summed E-state index contributed by atoms with van der Waals surface area (Å²) < 4.78 is 176. The summed E-state index contributed by atoms with van der Waals surface area (Å²) >= 11 is 0. The molecule has 0 saturated carbocycles. The van der Waals surface area contributed by atoms with Gasteiger partial charge in [-0.05, 0) is 70.6 Å². The van der Waals surface area contributed by atoms with Crippen LogP contribution in [0.4, 0.5) is 0 Å². The molecule has 0 bridgehead atoms. The molecule has 0 N–H and O–H groups in total. The minimum atomic E-state index is -5.38. The third kappa shape index (κ3) is 53.6. The Hall–Kier alpha value is -1.73. The summed E-state index contributed by atoms with van der Waals surface area (Å²) in [6, 6.07) is -1.30. The van der Waals surface area contributed by atoms with Gasteiger partial charge in [-0.25, -0.2) is 33.7 Å². The first kappa shape index (κ1) is 76.3. The van der Waals surface area contributed by atoms with Gasteiger partial charge in [-0.2, -0.15) is 0 Å². The minimum absolute atomic E-state index is 0.0305. The number of ether oxygens (including phenoxy) is 4. The van der Waals surface area contributed by atoms with Gasteiger partial charge < -0.3 is 42.1 Å². The van der Waals surface area contributed by atoms with Gasteiger partial charge in [0.25, 0.3) is 0 Å². The average Bonchev–Trinajstić information content (AvgIpc) is 3.36. The Balaban J connectivity index is 5.96. The SMILES string of the molecule is CCCCCCCC/C=C\CCCCCCCCOCC(CC(=O)N(CCC)C(COC(COS(=O)(=O)[O-])COS(=O)(=O)[O-])COC(COS(=O)(=O)[O-])COS(=O)(=O)[O-])OCCCCCCCC/C=C\CCCCCCCC. The van der Waals surface area contributed by atoms with Crippen LogP contribution in [0.1, 0.15) is 213 Å². The lowest BCUT2D eigenvalue weighted by Crippen LogP contribution is -2.49. The van der Waals surface area contributed by atoms with Crippen LogP contribution < -0.4 is 0 Å². The maximum atomic E-state index is 14.4. The van der Waals surface area contributed by atoms with E-state index < -0.39 is 111 Å². The summed E-state index contributed by atoms with van der Waals surface area (Å²) in [5.41, 5.74) is 0. The van der Waals surface area contributed by atoms with Crippen LogP contribution in [0.5, 0.6) is 0 Å². The molecule has 464 valence electrons. The second-order valence-electron chi connectivity index (χ2n) is 19.6. The maximum Gasteiger partial charge on any atom is 0.225 e. The Morgan fingerprint density at radius 1 is 0.385 bits per heavy atom. The van der Waals surface area contributed by atoms with E-state index in [0.29, 0.717) is 26.1 Å². The van der Waals surface area contributed by atoms with Crippen molar-refractivity contribution in [3.05, 3.63) is 24.3 Å². The zero-order valence-electron chi connectivity index (χ0n) is 47.1. The maximum absolute atomic E-state index is 14.4. The van der Waals surface area contributed by atoms with Crippen molar-refractivity contribution in [2.45, 2.75) is 238 Å². The van der Waals surface area contributed by atoms with Crippen molar-refractivity contribution in [2.24, 2.45) is 0 Å². The van der Waals surface area contributed by atoms with E-state index in [4.69, 9.17) is 18.9 Å². The van der Waals surface area contributed by atoms with E-state index in [0.717, 1.165) is 96.3 Å². The molecule has 0 heterocycles. The summed E-state index contributed by atoms with van der Waals surface area (Å²) in [5, 5.41) is 0. The first-order valence-electron chi connectivity index (χ1n) is 28.5. The van der Waals surface area contributed by atoms with Crippen molar-refractivity contribution in [3.8, 4) is 0 Å². The van der Waals surface area contributed by atoms with Crippen molar-refractivity contribution >= 4 is 47.5 Å². The van der Waals surface area contributed by atoms with Crippen LogP contribution >= 0.6 is 0 Å². The molecule has 1 amide bonds. The topological polar surface area (TPSA) is 323 Å². The summed E-state index contributed by atoms with van der Waals surface area (Å²) in [4.78, 5) is 15.6. The largest absolute Gasteiger partial charge is 0.726 e. The second-order valence-corrected chi connectivity index (χ2v) is 23.8. The molecule has 0 aromatic rings. The van der Waals surface area contributed by atoms with E-state index in [1.165, 1.54) is 81.9 Å². The molecule has 0 saturated heterocycles. The fourth-order valence-electron chi connectivity index (χ4n) is 8.14. The van der Waals surface area contributed by atoms with E-state index >= 15 is 0 Å². The summed E-state index contributed by atoms with van der Waals surface area (Å²) in [6.45, 7) is 0.910. The molecular formula is C52H97NO21S4-4. The van der Waals surface area contributed by atoms with E-state index in [1.807, 2.05) is 0 Å². The number of nitrogens with zero attached hydrogens (tertiary/aromatic N) is 1. The third-order valence-electron chi connectivity index (χ3n) is 12.4. The van der Waals surface area contributed by atoms with Crippen molar-refractivity contribution < 1.29 is 92.4 Å². The van der Waals surface area contributed by atoms with Crippen LogP contribution in [0.3, 0.4) is 0 Å². The smallest absolute Gasteiger partial charge is 0.225 e. The number of allylic oxidation sites excluding steroid dienone is 4. The van der Waals surface area contributed by atoms with Crippen LogP contribution in [0.15, 0.2) is 24.3 Å². The highest BCUT2D eigenvalue weighted by atomic mass is 32.3. The van der Waals surface area contributed by atoms with Gasteiger partial charge >= 0.3 is 0 Å². The van der Waals surface area contributed by atoms with Crippen LogP contribution in [-0.2, 0) is 82.1 Å². The van der Waals surface area contributed by atoms with Crippen LogP contribution in [0.25, 0.3) is 0 Å². The molecule has 0 aliphatic rings. The molecule has 0 radical (unpaired) electrons. The first-order chi connectivity index (χ1) is 37.1. The second kappa shape index (κ2) is 48.8. The van der Waals surface area contributed by atoms with Gasteiger partial charge in [0.15, 0.2) is 0 Å². The molecule has 0 aliphatic heterocycles. The third-order valence-corrected chi connectivity index (χ3v) is 14.1. The molecule has 0 rings (SSSR count). The number of unbranched alkanes of at least 4 members (excludes halogenated alkanes) is 24. The number of carbonyl (C=O) groups is 1. The molecule has 1 unspecified atom stereocenters. The monoisotopic (exact) mass is 1200 g/mol. The Morgan fingerprint density at radius 2 is 0.705 bits per heavy atom. The van der Waals surface area contributed by atoms with E-state index in [-0.39, 0.29) is 19.6 Å². The number of carbonyl (C=O) groups excluding carboxylic acids is 1. The van der Waals surface area contributed by atoms with Gasteiger partial charge in [-0.3, -0.25) is 21.5 Å². The molecule has 22 nitrogen and oxygen atoms in total. The zero-order chi connectivity index (χ0) is 58.2. The summed E-state index contributed by atoms with van der Waals surface area (Å²) in [7, 11) is -21.5. The quantitative estimate of drug-likeness (QED) is 0.0237. The fraction of sp³-hybridized carbons (Fsp3) is 0.904. The number of amides is 1. The van der Waals surface area contributed by atoms with Gasteiger partial charge in [-0.15, -0.1) is 0 Å². The van der Waals surface area contributed by atoms with Gasteiger partial charge in [0.1, 0.15) is 12.2 Å². The van der Waals surface area contributed by atoms with Crippen LogP contribution in [0, 0.1) is 0 Å². The molecule has 0 aromatic carbocycles. The molecule has 0 spiro atoms. The lowest BCUT2D eigenvalue weighted by atomic mass is 10.1. The van der Waals surface area contributed by atoms with Crippen LogP contribution in [0.2, 0.25) is 0 Å². The summed E-state index contributed by atoms with van der Waals surface area (Å²) in [6.07, 6.45) is 36.9. The average molecular weight is 1200 g/mol. The molecule has 0 aliphatic carbocycles. The van der Waals surface area contributed by atoms with E-state index in [9.17, 15) is 56.7 Å². The van der Waals surface area contributed by atoms with Gasteiger partial charge in [0.2, 0.25) is 47.5 Å². The Kier molecular flexibility index (Phi) is 47.7. The molecular weight excluding hydrogens is 1100 g/mol. The lowest BCUT2D eigenvalue weighted by molar-refractivity contribution is -0.144. The van der Waals surface area contributed by atoms with Gasteiger partial charge in [0.05, 0.1) is 64.8 Å². The zero-order valence-corrected chi connectivity index (χ0v) is 50.3. The highest BCUT2D eigenvalue weighted by molar-refractivity contribution is 7.81. The highest BCUT2D eigenvalue weighted by Gasteiger charge is 2.29. The normalized spacial score (nSPS) is 13.4. The molecule has 26 heteroatoms. The van der Waals surface area contributed by atoms with Crippen molar-refractivity contribution in [2.75, 3.05) is 66.0 Å². The first-order valence-corrected chi connectivity index (χ1v) is 33.8. The molecule has 0 aromatic heterocycles. The predicted octanol–water partition coefficient (Wildman–Crippen LogP) is 9.14. The number of hydrogen-bond donors (Lipinski definition) is 0. The van der Waals surface area contributed by atoms with E-state index in [2.05, 4.69) is 54.9 Å². The number of rotatable bonds is 58. The Bertz CT molecular complexity index is 1800. The summed E-state index contributed by atoms with van der Waals surface area (Å²) in [5.74, 6) is -0.567. The van der Waals surface area contributed by atoms with Gasteiger partial charge in [0, 0.05) is 19.8 Å². The standard InChI is InChI=1S/C52H101NO21S4/c1-4-7-9-11-13-15-17-19-21-23-25-27-29-31-33-35-38-67-43-49(68-39-36-34-32-30-28-26-24-22-20-18-16-14-12-10-8-5-2)40-52(54)53(37-6-3)48(41-69-50(44-71-75(55,56)57)45-72-76(58,59)60)42-70-51(46-73-77(61,62)63)47-74-78(64,65)66/h19-22,48-51H,4-18,23-47H2,1-3H3,(H,55,56,57)(H,58,59,60)(H,61,62,63)(H,64,65,66)/p-4/b21-19-,22-20-. The molecule has 78 heavy (non-hydrogen) atoms. The minimum Gasteiger partial charge on any atom is -0.726 e. The van der Waals surface area contributed by atoms with Gasteiger partial charge in [-0.1, -0.05) is 161 Å². The Labute approximate surface area is 470 Å². The molecule has 1 atom stereocenters. The number of hydrogen-bond acceptors (Lipinski definition) is 21. The van der Waals surface area contributed by atoms with Crippen molar-refractivity contribution in [3.63, 3.8) is 0 Å². The fourth-order valence-corrected chi connectivity index (χ4v) is 9.42. The lowest BCUT2D eigenvalue weighted by Gasteiger charge is -2.34. The highest BCUT2D eigenvalue weighted by Crippen LogP contribution is 2.17. The Morgan fingerprint density at radius 3 is 1.04 bits per heavy atom.